The number of aromatic nitrogens is 1. The second-order valence-corrected chi connectivity index (χ2v) is 5.59. The average molecular weight is 307 g/mol. The molecule has 0 aliphatic carbocycles. The van der Waals surface area contributed by atoms with Gasteiger partial charge in [0, 0.05) is 18.6 Å². The van der Waals surface area contributed by atoms with Gasteiger partial charge in [0.2, 0.25) is 0 Å². The van der Waals surface area contributed by atoms with Crippen molar-refractivity contribution in [2.45, 2.75) is 19.4 Å². The third-order valence-corrected chi connectivity index (χ3v) is 3.94. The van der Waals surface area contributed by atoms with Crippen LogP contribution in [0.25, 0.3) is 10.8 Å². The van der Waals surface area contributed by atoms with Gasteiger partial charge in [-0.1, -0.05) is 35.9 Å². The molecule has 1 N–H and O–H groups in total. The molecule has 6 heteroatoms. The molecule has 0 unspecified atom stereocenters. The number of pyridine rings is 1. The van der Waals surface area contributed by atoms with Gasteiger partial charge >= 0.3 is 5.97 Å². The van der Waals surface area contributed by atoms with Gasteiger partial charge in [0.15, 0.2) is 0 Å². The Labute approximate surface area is 127 Å². The van der Waals surface area contributed by atoms with Crippen molar-refractivity contribution in [2.75, 3.05) is 7.05 Å². The standard InChI is InChI=1S/C15H15ClN2O3/c1-15(2,14(20)21)18(3)13(19)11-8-17-12(16)10-7-5-4-6-9(10)11/h4-8H,1-3H3,(H,20,21). The van der Waals surface area contributed by atoms with Crippen molar-refractivity contribution in [3.63, 3.8) is 0 Å². The van der Waals surface area contributed by atoms with Crippen LogP contribution < -0.4 is 0 Å². The Balaban J connectivity index is 2.55. The lowest BCUT2D eigenvalue weighted by atomic mass is 10.0. The molecule has 5 nitrogen and oxygen atoms in total. The number of halogens is 1. The monoisotopic (exact) mass is 306 g/mol. The van der Waals surface area contributed by atoms with E-state index < -0.39 is 17.4 Å². The number of fused-ring (bicyclic) bond motifs is 1. The molecule has 0 bridgehead atoms. The summed E-state index contributed by atoms with van der Waals surface area (Å²) in [6, 6.07) is 7.12. The van der Waals surface area contributed by atoms with Gasteiger partial charge in [0.05, 0.1) is 5.56 Å². The van der Waals surface area contributed by atoms with Crippen LogP contribution in [0.5, 0.6) is 0 Å². The Hall–Kier alpha value is -2.14. The van der Waals surface area contributed by atoms with Gasteiger partial charge in [-0.25, -0.2) is 9.78 Å². The molecule has 0 fully saturated rings. The molecule has 1 amide bonds. The summed E-state index contributed by atoms with van der Waals surface area (Å²) in [5.74, 6) is -1.49. The summed E-state index contributed by atoms with van der Waals surface area (Å²) in [6.07, 6.45) is 1.38. The first-order chi connectivity index (χ1) is 9.76. The zero-order valence-corrected chi connectivity index (χ0v) is 12.7. The summed E-state index contributed by atoms with van der Waals surface area (Å²) in [4.78, 5) is 29.1. The van der Waals surface area contributed by atoms with Gasteiger partial charge in [0.25, 0.3) is 5.91 Å². The molecule has 0 saturated heterocycles. The van der Waals surface area contributed by atoms with Gasteiger partial charge in [0.1, 0.15) is 10.7 Å². The molecule has 21 heavy (non-hydrogen) atoms. The largest absolute Gasteiger partial charge is 0.480 e. The Morgan fingerprint density at radius 1 is 1.24 bits per heavy atom. The molecule has 2 aromatic rings. The van der Waals surface area contributed by atoms with E-state index in [1.54, 1.807) is 24.3 Å². The number of carbonyl (C=O) groups excluding carboxylic acids is 1. The Morgan fingerprint density at radius 3 is 2.38 bits per heavy atom. The van der Waals surface area contributed by atoms with E-state index in [4.69, 9.17) is 11.6 Å². The van der Waals surface area contributed by atoms with E-state index in [0.717, 1.165) is 0 Å². The van der Waals surface area contributed by atoms with Crippen molar-refractivity contribution in [1.82, 2.24) is 9.88 Å². The Bertz CT molecular complexity index is 728. The number of carboxylic acids is 1. The normalized spacial score (nSPS) is 11.4. The molecule has 0 radical (unpaired) electrons. The van der Waals surface area contributed by atoms with Crippen molar-refractivity contribution >= 4 is 34.2 Å². The topological polar surface area (TPSA) is 70.5 Å². The predicted molar refractivity (Wildman–Crippen MR) is 80.6 cm³/mol. The molecule has 0 aliphatic rings. The molecule has 1 aromatic heterocycles. The summed E-state index contributed by atoms with van der Waals surface area (Å²) in [5.41, 5.74) is -0.996. The summed E-state index contributed by atoms with van der Waals surface area (Å²) < 4.78 is 0. The van der Waals surface area contributed by atoms with Crippen molar-refractivity contribution in [3.05, 3.63) is 41.2 Å². The molecule has 1 heterocycles. The van der Waals surface area contributed by atoms with E-state index in [-0.39, 0.29) is 0 Å². The highest BCUT2D eigenvalue weighted by atomic mass is 35.5. The highest BCUT2D eigenvalue weighted by Gasteiger charge is 2.36. The van der Waals surface area contributed by atoms with Crippen LogP contribution >= 0.6 is 11.6 Å². The highest BCUT2D eigenvalue weighted by Crippen LogP contribution is 2.26. The average Bonchev–Trinajstić information content (AvgIpc) is 2.46. The van der Waals surface area contributed by atoms with E-state index in [1.807, 2.05) is 0 Å². The molecule has 0 atom stereocenters. The van der Waals surface area contributed by atoms with E-state index >= 15 is 0 Å². The van der Waals surface area contributed by atoms with Crippen molar-refractivity contribution in [2.24, 2.45) is 0 Å². The van der Waals surface area contributed by atoms with Crippen LogP contribution in [0, 0.1) is 0 Å². The summed E-state index contributed by atoms with van der Waals surface area (Å²) in [5, 5.41) is 10.8. The second-order valence-electron chi connectivity index (χ2n) is 5.24. The molecular weight excluding hydrogens is 292 g/mol. The number of carboxylic acid groups (broad SMARTS) is 1. The van der Waals surface area contributed by atoms with E-state index in [1.165, 1.54) is 32.0 Å². The zero-order chi connectivity index (χ0) is 15.8. The van der Waals surface area contributed by atoms with Crippen molar-refractivity contribution in [3.8, 4) is 0 Å². The highest BCUT2D eigenvalue weighted by molar-refractivity contribution is 6.34. The molecule has 2 rings (SSSR count). The fraction of sp³-hybridized carbons (Fsp3) is 0.267. The third kappa shape index (κ3) is 2.56. The quantitative estimate of drug-likeness (QED) is 0.885. The maximum Gasteiger partial charge on any atom is 0.329 e. The van der Waals surface area contributed by atoms with Crippen LogP contribution in [0.1, 0.15) is 24.2 Å². The first-order valence-corrected chi connectivity index (χ1v) is 6.69. The Kier molecular flexibility index (Phi) is 3.87. The number of hydrogen-bond acceptors (Lipinski definition) is 3. The first-order valence-electron chi connectivity index (χ1n) is 6.31. The smallest absolute Gasteiger partial charge is 0.329 e. The number of carbonyl (C=O) groups is 2. The fourth-order valence-corrected chi connectivity index (χ4v) is 2.12. The predicted octanol–water partition coefficient (Wildman–Crippen LogP) is 2.82. The number of aliphatic carboxylic acids is 1. The lowest BCUT2D eigenvalue weighted by Gasteiger charge is -2.31. The summed E-state index contributed by atoms with van der Waals surface area (Å²) in [7, 11) is 1.46. The van der Waals surface area contributed by atoms with Gasteiger partial charge < -0.3 is 10.0 Å². The molecular formula is C15H15ClN2O3. The number of benzene rings is 1. The second kappa shape index (κ2) is 5.33. The van der Waals surface area contributed by atoms with Crippen LogP contribution in [-0.4, -0.2) is 39.5 Å². The molecule has 1 aromatic carbocycles. The van der Waals surface area contributed by atoms with Crippen LogP contribution in [0.2, 0.25) is 5.15 Å². The maximum atomic E-state index is 12.6. The van der Waals surface area contributed by atoms with Gasteiger partial charge in [-0.3, -0.25) is 4.79 Å². The van der Waals surface area contributed by atoms with Crippen molar-refractivity contribution < 1.29 is 14.7 Å². The van der Waals surface area contributed by atoms with Crippen LogP contribution in [0.15, 0.2) is 30.5 Å². The van der Waals surface area contributed by atoms with E-state index in [2.05, 4.69) is 4.98 Å². The molecule has 0 saturated carbocycles. The van der Waals surface area contributed by atoms with Gasteiger partial charge in [-0.05, 0) is 19.2 Å². The fourth-order valence-electron chi connectivity index (χ4n) is 1.91. The minimum atomic E-state index is -1.32. The minimum Gasteiger partial charge on any atom is -0.480 e. The van der Waals surface area contributed by atoms with Crippen LogP contribution in [0.3, 0.4) is 0 Å². The lowest BCUT2D eigenvalue weighted by Crippen LogP contribution is -2.50. The lowest BCUT2D eigenvalue weighted by molar-refractivity contribution is -0.147. The first kappa shape index (κ1) is 15.3. The van der Waals surface area contributed by atoms with Crippen LogP contribution in [0.4, 0.5) is 0 Å². The Morgan fingerprint density at radius 2 is 1.81 bits per heavy atom. The number of hydrogen-bond donors (Lipinski definition) is 1. The maximum absolute atomic E-state index is 12.6. The minimum absolute atomic E-state index is 0.308. The molecule has 110 valence electrons. The SMILES string of the molecule is CN(C(=O)c1cnc(Cl)c2ccccc12)C(C)(C)C(=O)O. The zero-order valence-electron chi connectivity index (χ0n) is 11.9. The molecule has 0 aliphatic heterocycles. The van der Waals surface area contributed by atoms with E-state index in [9.17, 15) is 14.7 Å². The number of nitrogens with zero attached hydrogens (tertiary/aromatic N) is 2. The third-order valence-electron chi connectivity index (χ3n) is 3.64. The summed E-state index contributed by atoms with van der Waals surface area (Å²) in [6.45, 7) is 2.94. The van der Waals surface area contributed by atoms with E-state index in [0.29, 0.717) is 21.5 Å². The molecule has 0 spiro atoms. The summed E-state index contributed by atoms with van der Waals surface area (Å²) >= 11 is 6.02. The number of amides is 1. The van der Waals surface area contributed by atoms with Crippen molar-refractivity contribution in [1.29, 1.82) is 0 Å². The number of rotatable bonds is 3. The number of likely N-dealkylation sites (N-methyl/N-ethyl adjacent to an activating group) is 1. The van der Waals surface area contributed by atoms with Gasteiger partial charge in [-0.15, -0.1) is 0 Å². The van der Waals surface area contributed by atoms with Gasteiger partial charge in [-0.2, -0.15) is 0 Å². The van der Waals surface area contributed by atoms with Crippen LogP contribution in [-0.2, 0) is 4.79 Å².